The zero-order chi connectivity index (χ0) is 31.0. The number of H-pyrrole nitrogens is 1. The second kappa shape index (κ2) is 14.5. The molecule has 0 aliphatic heterocycles. The van der Waals surface area contributed by atoms with Gasteiger partial charge in [-0.15, -0.1) is 0 Å². The van der Waals surface area contributed by atoms with Gasteiger partial charge in [-0.05, 0) is 48.6 Å². The highest BCUT2D eigenvalue weighted by molar-refractivity contribution is 5.94. The number of carbonyl (C=O) groups is 4. The molecule has 3 rings (SSSR count). The molecule has 0 fully saturated rings. The minimum Gasteiger partial charge on any atom is -0.508 e. The van der Waals surface area contributed by atoms with Crippen molar-refractivity contribution in [1.29, 1.82) is 0 Å². The number of carbonyl (C=O) groups excluding carboxylic acids is 3. The number of aliphatic hydroxyl groups is 1. The Balaban J connectivity index is 1.81. The number of nitrogens with two attached hydrogens (primary N) is 1. The summed E-state index contributed by atoms with van der Waals surface area (Å²) < 4.78 is 0. The number of nitrogens with one attached hydrogen (secondary N) is 4. The number of benzene rings is 2. The second-order valence-electron chi connectivity index (χ2n) is 10.5. The van der Waals surface area contributed by atoms with Gasteiger partial charge in [0.15, 0.2) is 6.04 Å². The van der Waals surface area contributed by atoms with Crippen LogP contribution in [0.5, 0.6) is 5.75 Å². The number of phenols is 1. The minimum absolute atomic E-state index is 0.0257. The average molecular weight is 582 g/mol. The van der Waals surface area contributed by atoms with Gasteiger partial charge in [-0.25, -0.2) is 4.79 Å². The normalized spacial score (nSPS) is 15.5. The van der Waals surface area contributed by atoms with E-state index in [1.54, 1.807) is 32.2 Å². The topological polar surface area (TPSA) is 207 Å². The number of amides is 3. The van der Waals surface area contributed by atoms with Crippen molar-refractivity contribution in [2.24, 2.45) is 11.7 Å². The Bertz CT molecular complexity index is 1390. The summed E-state index contributed by atoms with van der Waals surface area (Å²) in [6.07, 6.45) is 1.11. The van der Waals surface area contributed by atoms with Crippen LogP contribution in [0.1, 0.15) is 38.3 Å². The lowest BCUT2D eigenvalue weighted by Crippen LogP contribution is -2.60. The number of carboxylic acid groups (broad SMARTS) is 1. The van der Waals surface area contributed by atoms with Crippen LogP contribution in [0.4, 0.5) is 0 Å². The number of fused-ring (bicyclic) bond motifs is 1. The summed E-state index contributed by atoms with van der Waals surface area (Å²) in [6, 6.07) is 8.84. The summed E-state index contributed by atoms with van der Waals surface area (Å²) in [6.45, 7) is 4.76. The van der Waals surface area contributed by atoms with Gasteiger partial charge in [-0.3, -0.25) is 14.4 Å². The third kappa shape index (κ3) is 8.30. The zero-order valence-corrected chi connectivity index (χ0v) is 23.8. The first-order valence-corrected chi connectivity index (χ1v) is 13.8. The fraction of sp³-hybridized carbons (Fsp3) is 0.400. The van der Waals surface area contributed by atoms with E-state index in [-0.39, 0.29) is 18.6 Å². The Morgan fingerprint density at radius 1 is 0.881 bits per heavy atom. The van der Waals surface area contributed by atoms with Crippen molar-refractivity contribution in [2.45, 2.75) is 70.3 Å². The Hall–Kier alpha value is -4.42. The smallest absolute Gasteiger partial charge is 0.328 e. The lowest BCUT2D eigenvalue weighted by Gasteiger charge is -2.28. The summed E-state index contributed by atoms with van der Waals surface area (Å²) in [7, 11) is 0. The molecule has 6 atom stereocenters. The maximum Gasteiger partial charge on any atom is 0.328 e. The molecule has 0 saturated carbocycles. The van der Waals surface area contributed by atoms with Gasteiger partial charge < -0.3 is 42.0 Å². The third-order valence-corrected chi connectivity index (χ3v) is 7.30. The number of hydrogen-bond acceptors (Lipinski definition) is 7. The van der Waals surface area contributed by atoms with E-state index in [4.69, 9.17) is 5.73 Å². The van der Waals surface area contributed by atoms with Gasteiger partial charge in [0.1, 0.15) is 17.8 Å². The van der Waals surface area contributed by atoms with Crippen LogP contribution in [-0.2, 0) is 32.0 Å². The lowest BCUT2D eigenvalue weighted by atomic mass is 9.96. The van der Waals surface area contributed by atoms with Crippen molar-refractivity contribution in [2.75, 3.05) is 0 Å². The van der Waals surface area contributed by atoms with Crippen molar-refractivity contribution in [3.63, 3.8) is 0 Å². The van der Waals surface area contributed by atoms with Crippen LogP contribution in [-0.4, -0.2) is 74.3 Å². The number of phenolic OH excluding ortho intramolecular Hbond substituents is 1. The third-order valence-electron chi connectivity index (χ3n) is 7.30. The number of aliphatic hydroxyl groups excluding tert-OH is 1. The maximum absolute atomic E-state index is 13.6. The van der Waals surface area contributed by atoms with Crippen molar-refractivity contribution < 1.29 is 34.5 Å². The number of carboxylic acids is 1. The Morgan fingerprint density at radius 2 is 1.52 bits per heavy atom. The van der Waals surface area contributed by atoms with E-state index in [1.165, 1.54) is 19.1 Å². The zero-order valence-electron chi connectivity index (χ0n) is 23.8. The van der Waals surface area contributed by atoms with Crippen molar-refractivity contribution >= 4 is 34.6 Å². The molecule has 0 aliphatic rings. The maximum atomic E-state index is 13.6. The summed E-state index contributed by atoms with van der Waals surface area (Å²) >= 11 is 0. The van der Waals surface area contributed by atoms with E-state index >= 15 is 0 Å². The number of aromatic amines is 1. The summed E-state index contributed by atoms with van der Waals surface area (Å²) in [5, 5.41) is 37.4. The molecule has 1 aromatic heterocycles. The van der Waals surface area contributed by atoms with Crippen LogP contribution in [0.2, 0.25) is 0 Å². The van der Waals surface area contributed by atoms with E-state index in [0.29, 0.717) is 12.0 Å². The predicted octanol–water partition coefficient (Wildman–Crippen LogP) is 0.952. The van der Waals surface area contributed by atoms with Gasteiger partial charge in [-0.1, -0.05) is 50.6 Å². The summed E-state index contributed by atoms with van der Waals surface area (Å²) in [4.78, 5) is 54.6. The van der Waals surface area contributed by atoms with Crippen molar-refractivity contribution in [1.82, 2.24) is 20.9 Å². The number of aromatic nitrogens is 1. The molecule has 2 aromatic carbocycles. The molecule has 0 radical (unpaired) electrons. The quantitative estimate of drug-likeness (QED) is 0.137. The van der Waals surface area contributed by atoms with Crippen LogP contribution in [0.15, 0.2) is 54.7 Å². The molecular formula is C30H39N5O7. The molecule has 0 spiro atoms. The Morgan fingerprint density at radius 3 is 2.14 bits per heavy atom. The lowest BCUT2D eigenvalue weighted by molar-refractivity contribution is -0.145. The molecule has 0 bridgehead atoms. The molecule has 6 unspecified atom stereocenters. The first-order chi connectivity index (χ1) is 19.9. The number of rotatable bonds is 14. The highest BCUT2D eigenvalue weighted by atomic mass is 16.4. The molecule has 1 heterocycles. The largest absolute Gasteiger partial charge is 0.508 e. The predicted molar refractivity (Wildman–Crippen MR) is 156 cm³/mol. The van der Waals surface area contributed by atoms with Crippen LogP contribution < -0.4 is 21.7 Å². The molecule has 3 aromatic rings. The minimum atomic E-state index is -1.57. The summed E-state index contributed by atoms with van der Waals surface area (Å²) in [5.74, 6) is -3.84. The molecule has 226 valence electrons. The summed E-state index contributed by atoms with van der Waals surface area (Å²) in [5.41, 5.74) is 8.63. The molecule has 3 amide bonds. The van der Waals surface area contributed by atoms with Gasteiger partial charge in [-0.2, -0.15) is 0 Å². The molecule has 12 nitrogen and oxygen atoms in total. The van der Waals surface area contributed by atoms with E-state index in [1.807, 2.05) is 24.3 Å². The first kappa shape index (κ1) is 32.1. The van der Waals surface area contributed by atoms with Crippen LogP contribution in [0, 0.1) is 5.92 Å². The van der Waals surface area contributed by atoms with Crippen molar-refractivity contribution in [3.05, 3.63) is 65.9 Å². The highest BCUT2D eigenvalue weighted by Crippen LogP contribution is 2.19. The molecule has 9 N–H and O–H groups in total. The van der Waals surface area contributed by atoms with Crippen LogP contribution >= 0.6 is 0 Å². The second-order valence-corrected chi connectivity index (χ2v) is 10.5. The number of aliphatic carboxylic acids is 1. The fourth-order valence-corrected chi connectivity index (χ4v) is 4.57. The van der Waals surface area contributed by atoms with Gasteiger partial charge in [0, 0.05) is 23.5 Å². The van der Waals surface area contributed by atoms with E-state index in [2.05, 4.69) is 20.9 Å². The number of hydrogen-bond donors (Lipinski definition) is 8. The number of para-hydroxylation sites is 1. The van der Waals surface area contributed by atoms with Gasteiger partial charge in [0.2, 0.25) is 17.7 Å². The van der Waals surface area contributed by atoms with Gasteiger partial charge in [0.05, 0.1) is 12.1 Å². The van der Waals surface area contributed by atoms with Crippen LogP contribution in [0.3, 0.4) is 0 Å². The van der Waals surface area contributed by atoms with Gasteiger partial charge >= 0.3 is 5.97 Å². The molecular weight excluding hydrogens is 542 g/mol. The highest BCUT2D eigenvalue weighted by Gasteiger charge is 2.34. The average Bonchev–Trinajstić information content (AvgIpc) is 3.36. The van der Waals surface area contributed by atoms with E-state index < -0.39 is 59.9 Å². The molecule has 0 saturated heterocycles. The Kier molecular flexibility index (Phi) is 11.1. The van der Waals surface area contributed by atoms with E-state index in [9.17, 15) is 34.5 Å². The molecule has 0 aliphatic carbocycles. The monoisotopic (exact) mass is 581 g/mol. The molecule has 12 heteroatoms. The van der Waals surface area contributed by atoms with Crippen LogP contribution in [0.25, 0.3) is 10.9 Å². The van der Waals surface area contributed by atoms with Crippen molar-refractivity contribution in [3.8, 4) is 5.75 Å². The first-order valence-electron chi connectivity index (χ1n) is 13.8. The Labute approximate surface area is 243 Å². The van der Waals surface area contributed by atoms with E-state index in [0.717, 1.165) is 16.5 Å². The van der Waals surface area contributed by atoms with Gasteiger partial charge in [0.25, 0.3) is 0 Å². The number of aromatic hydroxyl groups is 1. The molecule has 42 heavy (non-hydrogen) atoms. The standard InChI is InChI=1S/C30H39N5O7/c1-4-16(2)25(29(40)35-26(17(3)36)30(41)42)34-28(39)24(13-18-9-11-20(37)12-10-18)33-27(38)22(31)14-19-15-32-23-8-6-5-7-21(19)23/h5-12,15-17,22,24-26,32,36-37H,4,13-14,31H2,1-3H3,(H,33,38)(H,34,39)(H,35,40)(H,41,42). The fourth-order valence-electron chi connectivity index (χ4n) is 4.57. The SMILES string of the molecule is CCC(C)C(NC(=O)C(Cc1ccc(O)cc1)NC(=O)C(N)Cc1c[nH]c2ccccc12)C(=O)NC(C(=O)O)C(C)O.